The Morgan fingerprint density at radius 2 is 2.40 bits per heavy atom. The van der Waals surface area contributed by atoms with Crippen LogP contribution in [0.25, 0.3) is 0 Å². The van der Waals surface area contributed by atoms with Crippen molar-refractivity contribution in [3.63, 3.8) is 0 Å². The van der Waals surface area contributed by atoms with Gasteiger partial charge in [-0.25, -0.2) is 4.98 Å². The minimum atomic E-state index is 0.435. The van der Waals surface area contributed by atoms with E-state index in [9.17, 15) is 0 Å². The molecule has 2 atom stereocenters. The van der Waals surface area contributed by atoms with Crippen LogP contribution in [0, 0.1) is 0 Å². The summed E-state index contributed by atoms with van der Waals surface area (Å²) in [6, 6.07) is 0.435. The van der Waals surface area contributed by atoms with Crippen LogP contribution in [-0.2, 0) is 0 Å². The van der Waals surface area contributed by atoms with Crippen LogP contribution in [0.2, 0.25) is 0 Å². The predicted molar refractivity (Wildman–Crippen MR) is 68.6 cm³/mol. The highest BCUT2D eigenvalue weighted by atomic mass is 32.2. The Labute approximate surface area is 99.9 Å². The first-order valence-electron chi connectivity index (χ1n) is 5.55. The van der Waals surface area contributed by atoms with Gasteiger partial charge in [-0.2, -0.15) is 11.8 Å². The lowest BCUT2D eigenvalue weighted by atomic mass is 10.2. The van der Waals surface area contributed by atoms with Gasteiger partial charge in [-0.3, -0.25) is 0 Å². The van der Waals surface area contributed by atoms with Crippen molar-refractivity contribution in [2.75, 3.05) is 12.8 Å². The molecule has 0 spiro atoms. The number of nitrogens with one attached hydrogen (secondary N) is 1. The molecule has 0 radical (unpaired) electrons. The quantitative estimate of drug-likeness (QED) is 0.879. The van der Waals surface area contributed by atoms with E-state index in [2.05, 4.69) is 29.0 Å². The van der Waals surface area contributed by atoms with Gasteiger partial charge in [0, 0.05) is 17.1 Å². The summed E-state index contributed by atoms with van der Waals surface area (Å²) in [7, 11) is 2.00. The fraction of sp³-hybridized carbons (Fsp3) is 0.727. The van der Waals surface area contributed by atoms with Gasteiger partial charge < -0.3 is 5.32 Å². The summed E-state index contributed by atoms with van der Waals surface area (Å²) in [5, 5.41) is 5.26. The van der Waals surface area contributed by atoms with E-state index in [0.29, 0.717) is 11.3 Å². The Morgan fingerprint density at radius 1 is 1.53 bits per heavy atom. The molecule has 1 aliphatic heterocycles. The van der Waals surface area contributed by atoms with Crippen molar-refractivity contribution < 1.29 is 0 Å². The normalized spacial score (nSPS) is 24.0. The van der Waals surface area contributed by atoms with Crippen molar-refractivity contribution in [2.24, 2.45) is 0 Å². The standard InChI is InChI=1S/C11H18N2S2/c1-8(12-2)10-7-13-11(15-10)9-5-3-4-6-14-9/h7-9,12H,3-6H2,1-2H3. The second-order valence-corrected chi connectivity index (χ2v) is 6.37. The molecular formula is C11H18N2S2. The van der Waals surface area contributed by atoms with E-state index >= 15 is 0 Å². The molecule has 1 aromatic rings. The van der Waals surface area contributed by atoms with E-state index < -0.39 is 0 Å². The molecule has 4 heteroatoms. The molecule has 0 aromatic carbocycles. The van der Waals surface area contributed by atoms with Crippen LogP contribution >= 0.6 is 23.1 Å². The first-order valence-corrected chi connectivity index (χ1v) is 7.42. The number of thioether (sulfide) groups is 1. The van der Waals surface area contributed by atoms with Gasteiger partial charge >= 0.3 is 0 Å². The van der Waals surface area contributed by atoms with Gasteiger partial charge in [0.1, 0.15) is 5.01 Å². The highest BCUT2D eigenvalue weighted by Crippen LogP contribution is 2.40. The molecule has 0 saturated carbocycles. The van der Waals surface area contributed by atoms with Gasteiger partial charge in [0.2, 0.25) is 0 Å². The molecule has 2 rings (SSSR count). The van der Waals surface area contributed by atoms with E-state index in [1.807, 2.05) is 24.6 Å². The molecule has 84 valence electrons. The summed E-state index contributed by atoms with van der Waals surface area (Å²) in [5.41, 5.74) is 0. The highest BCUT2D eigenvalue weighted by Gasteiger charge is 2.20. The summed E-state index contributed by atoms with van der Waals surface area (Å²) in [4.78, 5) is 5.93. The summed E-state index contributed by atoms with van der Waals surface area (Å²) >= 11 is 3.95. The lowest BCUT2D eigenvalue weighted by molar-refractivity contribution is 0.662. The summed E-state index contributed by atoms with van der Waals surface area (Å²) in [6.07, 6.45) is 6.10. The summed E-state index contributed by atoms with van der Waals surface area (Å²) in [5.74, 6) is 1.31. The zero-order chi connectivity index (χ0) is 10.7. The van der Waals surface area contributed by atoms with Crippen molar-refractivity contribution in [3.05, 3.63) is 16.1 Å². The minimum Gasteiger partial charge on any atom is -0.312 e. The Balaban J connectivity index is 2.05. The minimum absolute atomic E-state index is 0.435. The zero-order valence-electron chi connectivity index (χ0n) is 9.32. The van der Waals surface area contributed by atoms with Crippen LogP contribution in [-0.4, -0.2) is 17.8 Å². The molecular weight excluding hydrogens is 224 g/mol. The van der Waals surface area contributed by atoms with Crippen LogP contribution in [0.1, 0.15) is 47.4 Å². The Bertz CT molecular complexity index is 305. The predicted octanol–water partition coefficient (Wildman–Crippen LogP) is 3.38. The number of hydrogen-bond donors (Lipinski definition) is 1. The smallest absolute Gasteiger partial charge is 0.106 e. The fourth-order valence-electron chi connectivity index (χ4n) is 1.73. The molecule has 0 amide bonds. The van der Waals surface area contributed by atoms with E-state index in [-0.39, 0.29) is 0 Å². The van der Waals surface area contributed by atoms with Gasteiger partial charge in [-0.15, -0.1) is 11.3 Å². The van der Waals surface area contributed by atoms with Gasteiger partial charge in [0.25, 0.3) is 0 Å². The number of hydrogen-bond acceptors (Lipinski definition) is 4. The van der Waals surface area contributed by atoms with E-state index in [0.717, 1.165) is 0 Å². The SMILES string of the molecule is CNC(C)c1cnc(C2CCCCS2)s1. The van der Waals surface area contributed by atoms with Crippen molar-refractivity contribution in [1.29, 1.82) is 0 Å². The second kappa shape index (κ2) is 5.32. The van der Waals surface area contributed by atoms with Crippen LogP contribution in [0.4, 0.5) is 0 Å². The molecule has 0 bridgehead atoms. The van der Waals surface area contributed by atoms with Gasteiger partial charge in [-0.05, 0) is 32.6 Å². The number of nitrogens with zero attached hydrogens (tertiary/aromatic N) is 1. The fourth-order valence-corrected chi connectivity index (χ4v) is 4.26. The second-order valence-electron chi connectivity index (χ2n) is 3.97. The molecule has 1 aromatic heterocycles. The average Bonchev–Trinajstić information content (AvgIpc) is 2.78. The maximum absolute atomic E-state index is 4.57. The van der Waals surface area contributed by atoms with Gasteiger partial charge in [0.15, 0.2) is 0 Å². The van der Waals surface area contributed by atoms with E-state index in [1.165, 1.54) is 34.9 Å². The highest BCUT2D eigenvalue weighted by molar-refractivity contribution is 7.99. The first-order chi connectivity index (χ1) is 7.31. The molecule has 2 unspecified atom stereocenters. The molecule has 1 fully saturated rings. The molecule has 2 heterocycles. The molecule has 15 heavy (non-hydrogen) atoms. The Kier molecular flexibility index (Phi) is 4.05. The van der Waals surface area contributed by atoms with Crippen molar-refractivity contribution in [2.45, 2.75) is 37.5 Å². The molecule has 2 nitrogen and oxygen atoms in total. The first kappa shape index (κ1) is 11.4. The topological polar surface area (TPSA) is 24.9 Å². The van der Waals surface area contributed by atoms with E-state index in [1.54, 1.807) is 0 Å². The zero-order valence-corrected chi connectivity index (χ0v) is 11.0. The third kappa shape index (κ3) is 2.74. The number of rotatable bonds is 3. The van der Waals surface area contributed by atoms with Gasteiger partial charge in [-0.1, -0.05) is 6.42 Å². The number of aromatic nitrogens is 1. The van der Waals surface area contributed by atoms with Crippen LogP contribution in [0.15, 0.2) is 6.20 Å². The molecule has 1 saturated heterocycles. The monoisotopic (exact) mass is 242 g/mol. The van der Waals surface area contributed by atoms with E-state index in [4.69, 9.17) is 0 Å². The third-order valence-corrected chi connectivity index (χ3v) is 5.69. The van der Waals surface area contributed by atoms with Crippen molar-refractivity contribution >= 4 is 23.1 Å². The van der Waals surface area contributed by atoms with Crippen molar-refractivity contribution in [3.8, 4) is 0 Å². The van der Waals surface area contributed by atoms with Crippen LogP contribution < -0.4 is 5.32 Å². The summed E-state index contributed by atoms with van der Waals surface area (Å²) in [6.45, 7) is 2.19. The van der Waals surface area contributed by atoms with Crippen LogP contribution in [0.3, 0.4) is 0 Å². The largest absolute Gasteiger partial charge is 0.312 e. The molecule has 1 N–H and O–H groups in total. The lowest BCUT2D eigenvalue weighted by Crippen LogP contribution is -2.10. The molecule has 0 aliphatic carbocycles. The third-order valence-electron chi connectivity index (χ3n) is 2.86. The lowest BCUT2D eigenvalue weighted by Gasteiger charge is -2.18. The maximum Gasteiger partial charge on any atom is 0.106 e. The molecule has 1 aliphatic rings. The maximum atomic E-state index is 4.57. The van der Waals surface area contributed by atoms with Crippen LogP contribution in [0.5, 0.6) is 0 Å². The number of thiazole rings is 1. The van der Waals surface area contributed by atoms with Gasteiger partial charge in [0.05, 0.1) is 5.25 Å². The van der Waals surface area contributed by atoms with Crippen molar-refractivity contribution in [1.82, 2.24) is 10.3 Å². The average molecular weight is 242 g/mol. The Morgan fingerprint density at radius 3 is 3.07 bits per heavy atom. The Hall–Kier alpha value is -0.0600. The summed E-state index contributed by atoms with van der Waals surface area (Å²) < 4.78 is 0.